The molecule has 0 aromatic carbocycles. The van der Waals surface area contributed by atoms with E-state index < -0.39 is 0 Å². The molecule has 0 bridgehead atoms. The molecule has 18 heavy (non-hydrogen) atoms. The summed E-state index contributed by atoms with van der Waals surface area (Å²) in [6, 6.07) is -0.316. The Hall–Kier alpha value is -1.45. The number of amides is 2. The van der Waals surface area contributed by atoms with Gasteiger partial charge in [0.25, 0.3) is 0 Å². The minimum Gasteiger partial charge on any atom is -0.497 e. The molecule has 1 unspecified atom stereocenters. The van der Waals surface area contributed by atoms with Gasteiger partial charge in [0.2, 0.25) is 0 Å². The maximum Gasteiger partial charge on any atom is 0.315 e. The van der Waals surface area contributed by atoms with Crippen molar-refractivity contribution in [3.8, 4) is 0 Å². The van der Waals surface area contributed by atoms with Crippen molar-refractivity contribution in [3.05, 3.63) is 24.0 Å². The summed E-state index contributed by atoms with van der Waals surface area (Å²) in [6.07, 6.45) is 8.90. The monoisotopic (exact) mass is 250 g/mol. The number of hydrogen-bond acceptors (Lipinski definition) is 2. The van der Waals surface area contributed by atoms with Gasteiger partial charge < -0.3 is 15.4 Å². The molecule has 4 nitrogen and oxygen atoms in total. The molecule has 2 amide bonds. The Morgan fingerprint density at radius 1 is 1.50 bits per heavy atom. The van der Waals surface area contributed by atoms with E-state index in [1.54, 1.807) is 6.26 Å². The Morgan fingerprint density at radius 2 is 2.28 bits per heavy atom. The van der Waals surface area contributed by atoms with Crippen LogP contribution in [0.4, 0.5) is 4.79 Å². The van der Waals surface area contributed by atoms with E-state index in [0.29, 0.717) is 12.5 Å². The van der Waals surface area contributed by atoms with Crippen molar-refractivity contribution in [1.29, 1.82) is 0 Å². The van der Waals surface area contributed by atoms with Crippen molar-refractivity contribution >= 4 is 6.03 Å². The highest BCUT2D eigenvalue weighted by molar-refractivity contribution is 5.74. The lowest BCUT2D eigenvalue weighted by atomic mass is 9.72. The summed E-state index contributed by atoms with van der Waals surface area (Å²) in [6.45, 7) is 5.64. The summed E-state index contributed by atoms with van der Waals surface area (Å²) in [5.41, 5.74) is 6.50. The zero-order valence-corrected chi connectivity index (χ0v) is 11.2. The van der Waals surface area contributed by atoms with Gasteiger partial charge in [-0.25, -0.2) is 4.79 Å². The van der Waals surface area contributed by atoms with Crippen LogP contribution < -0.4 is 5.73 Å². The normalized spacial score (nSPS) is 27.9. The molecule has 0 saturated carbocycles. The minimum atomic E-state index is -0.316. The molecule has 0 aromatic heterocycles. The Balaban J connectivity index is 2.43. The van der Waals surface area contributed by atoms with Crippen LogP contribution in [0.3, 0.4) is 0 Å². The number of piperidine rings is 1. The average Bonchev–Trinajstić information content (AvgIpc) is 2.39. The molecular formula is C14H22N2O2. The SMILES string of the molecule is CC(C)C1(C2=CCOC=C2)CCCCN1C(N)=O. The second-order valence-corrected chi connectivity index (χ2v) is 5.32. The molecule has 2 rings (SSSR count). The summed E-state index contributed by atoms with van der Waals surface area (Å²) < 4.78 is 5.22. The number of hydrogen-bond donors (Lipinski definition) is 1. The van der Waals surface area contributed by atoms with Crippen molar-refractivity contribution in [2.24, 2.45) is 11.7 Å². The van der Waals surface area contributed by atoms with E-state index in [1.165, 1.54) is 5.57 Å². The zero-order chi connectivity index (χ0) is 13.2. The molecular weight excluding hydrogens is 228 g/mol. The van der Waals surface area contributed by atoms with Gasteiger partial charge in [0, 0.05) is 6.54 Å². The molecule has 0 aromatic rings. The van der Waals surface area contributed by atoms with Gasteiger partial charge in [0.05, 0.1) is 11.8 Å². The summed E-state index contributed by atoms with van der Waals surface area (Å²) in [5.74, 6) is 0.333. The van der Waals surface area contributed by atoms with Crippen LogP contribution in [-0.4, -0.2) is 29.6 Å². The fraction of sp³-hybridized carbons (Fsp3) is 0.643. The first-order valence-corrected chi connectivity index (χ1v) is 6.65. The first kappa shape index (κ1) is 13.0. The first-order chi connectivity index (χ1) is 8.59. The number of primary amides is 1. The Morgan fingerprint density at radius 3 is 2.83 bits per heavy atom. The molecule has 2 aliphatic heterocycles. The second-order valence-electron chi connectivity index (χ2n) is 5.32. The number of carbonyl (C=O) groups is 1. The van der Waals surface area contributed by atoms with Crippen LogP contribution in [0.25, 0.3) is 0 Å². The molecule has 1 fully saturated rings. The van der Waals surface area contributed by atoms with E-state index in [1.807, 2.05) is 11.0 Å². The number of ether oxygens (including phenoxy) is 1. The number of nitrogens with two attached hydrogens (primary N) is 1. The third-order valence-corrected chi connectivity index (χ3v) is 4.14. The minimum absolute atomic E-state index is 0.260. The van der Waals surface area contributed by atoms with Crippen LogP contribution in [0.5, 0.6) is 0 Å². The van der Waals surface area contributed by atoms with Crippen molar-refractivity contribution in [2.45, 2.75) is 38.6 Å². The highest BCUT2D eigenvalue weighted by atomic mass is 16.5. The van der Waals surface area contributed by atoms with Crippen molar-refractivity contribution in [3.63, 3.8) is 0 Å². The molecule has 2 N–H and O–H groups in total. The number of carbonyl (C=O) groups excluding carboxylic acids is 1. The average molecular weight is 250 g/mol. The first-order valence-electron chi connectivity index (χ1n) is 6.65. The lowest BCUT2D eigenvalue weighted by Crippen LogP contribution is -2.60. The maximum atomic E-state index is 11.8. The lowest BCUT2D eigenvalue weighted by Gasteiger charge is -2.50. The highest BCUT2D eigenvalue weighted by Gasteiger charge is 2.45. The van der Waals surface area contributed by atoms with E-state index in [2.05, 4.69) is 19.9 Å². The van der Waals surface area contributed by atoms with E-state index in [-0.39, 0.29) is 11.6 Å². The van der Waals surface area contributed by atoms with Crippen LogP contribution >= 0.6 is 0 Å². The van der Waals surface area contributed by atoms with Crippen molar-refractivity contribution in [2.75, 3.05) is 13.2 Å². The molecule has 0 aliphatic carbocycles. The van der Waals surface area contributed by atoms with Crippen molar-refractivity contribution in [1.82, 2.24) is 4.90 Å². The largest absolute Gasteiger partial charge is 0.497 e. The van der Waals surface area contributed by atoms with Gasteiger partial charge >= 0.3 is 6.03 Å². The molecule has 2 heterocycles. The number of rotatable bonds is 2. The topological polar surface area (TPSA) is 55.6 Å². The van der Waals surface area contributed by atoms with E-state index in [4.69, 9.17) is 10.5 Å². The van der Waals surface area contributed by atoms with Gasteiger partial charge in [-0.2, -0.15) is 0 Å². The van der Waals surface area contributed by atoms with Crippen LogP contribution in [0.2, 0.25) is 0 Å². The molecule has 4 heteroatoms. The third-order valence-electron chi connectivity index (χ3n) is 4.14. The highest BCUT2D eigenvalue weighted by Crippen LogP contribution is 2.41. The van der Waals surface area contributed by atoms with Gasteiger partial charge in [0.1, 0.15) is 6.61 Å². The second kappa shape index (κ2) is 5.04. The van der Waals surface area contributed by atoms with Gasteiger partial charge in [-0.3, -0.25) is 0 Å². The Kier molecular flexibility index (Phi) is 3.64. The lowest BCUT2D eigenvalue weighted by molar-refractivity contribution is 0.0728. The van der Waals surface area contributed by atoms with Crippen LogP contribution in [0.1, 0.15) is 33.1 Å². The van der Waals surface area contributed by atoms with Gasteiger partial charge in [0.15, 0.2) is 0 Å². The molecule has 0 radical (unpaired) electrons. The summed E-state index contributed by atoms with van der Waals surface area (Å²) >= 11 is 0. The molecule has 0 spiro atoms. The van der Waals surface area contributed by atoms with E-state index in [9.17, 15) is 4.79 Å². The molecule has 1 atom stereocenters. The number of urea groups is 1. The predicted octanol–water partition coefficient (Wildman–Crippen LogP) is 2.42. The third kappa shape index (κ3) is 2.00. The van der Waals surface area contributed by atoms with E-state index >= 15 is 0 Å². The Bertz CT molecular complexity index is 387. The van der Waals surface area contributed by atoms with Crippen molar-refractivity contribution < 1.29 is 9.53 Å². The molecule has 1 saturated heterocycles. The summed E-state index contributed by atoms with van der Waals surface area (Å²) in [5, 5.41) is 0. The standard InChI is InChI=1S/C14H22N2O2/c1-11(2)14(12-5-9-18-10-6-12)7-3-4-8-16(14)13(15)17/h5-6,9,11H,3-4,7-8,10H2,1-2H3,(H2,15,17). The zero-order valence-electron chi connectivity index (χ0n) is 11.2. The fourth-order valence-corrected chi connectivity index (χ4v) is 3.24. The Labute approximate surface area is 108 Å². The fourth-order valence-electron chi connectivity index (χ4n) is 3.24. The van der Waals surface area contributed by atoms with Gasteiger partial charge in [-0.05, 0) is 42.9 Å². The molecule has 100 valence electrons. The van der Waals surface area contributed by atoms with Crippen LogP contribution in [-0.2, 0) is 4.74 Å². The number of nitrogens with zero attached hydrogens (tertiary/aromatic N) is 1. The van der Waals surface area contributed by atoms with Gasteiger partial charge in [-0.1, -0.05) is 13.8 Å². The number of likely N-dealkylation sites (tertiary alicyclic amines) is 1. The maximum absolute atomic E-state index is 11.8. The summed E-state index contributed by atoms with van der Waals surface area (Å²) in [7, 11) is 0. The van der Waals surface area contributed by atoms with Crippen LogP contribution in [0, 0.1) is 5.92 Å². The van der Waals surface area contributed by atoms with E-state index in [0.717, 1.165) is 25.8 Å². The smallest absolute Gasteiger partial charge is 0.315 e. The predicted molar refractivity (Wildman–Crippen MR) is 70.9 cm³/mol. The molecule has 2 aliphatic rings. The van der Waals surface area contributed by atoms with Gasteiger partial charge in [-0.15, -0.1) is 0 Å². The van der Waals surface area contributed by atoms with Crippen LogP contribution in [0.15, 0.2) is 24.0 Å². The quantitative estimate of drug-likeness (QED) is 0.818. The summed E-state index contributed by atoms with van der Waals surface area (Å²) in [4.78, 5) is 13.6.